The lowest BCUT2D eigenvalue weighted by Crippen LogP contribution is -2.24. The first-order valence-corrected chi connectivity index (χ1v) is 9.42. The molecule has 0 spiro atoms. The number of benzene rings is 2. The van der Waals surface area contributed by atoms with E-state index in [1.807, 2.05) is 5.32 Å². The highest BCUT2D eigenvalue weighted by Gasteiger charge is 2.35. The number of oxime groups is 1. The van der Waals surface area contributed by atoms with Crippen molar-refractivity contribution < 1.29 is 46.7 Å². The quantitative estimate of drug-likeness (QED) is 0.261. The second kappa shape index (κ2) is 10.1. The Labute approximate surface area is 189 Å². The normalized spacial score (nSPS) is 12.8. The van der Waals surface area contributed by atoms with Crippen LogP contribution in [0.15, 0.2) is 41.6 Å². The molecule has 1 amide bonds. The van der Waals surface area contributed by atoms with Gasteiger partial charge in [-0.25, -0.2) is 4.79 Å². The number of nitrogens with zero attached hydrogens (tertiary/aromatic N) is 2. The summed E-state index contributed by atoms with van der Waals surface area (Å²) in [5.41, 5.74) is -1.90. The van der Waals surface area contributed by atoms with Crippen LogP contribution in [0.3, 0.4) is 0 Å². The highest BCUT2D eigenvalue weighted by molar-refractivity contribution is 5.99. The third-order valence-corrected chi connectivity index (χ3v) is 4.33. The second-order valence-corrected chi connectivity index (χ2v) is 6.71. The fraction of sp³-hybridized carbons (Fsp3) is 0.250. The Morgan fingerprint density at radius 1 is 1.15 bits per heavy atom. The minimum atomic E-state index is -4.97. The van der Waals surface area contributed by atoms with Crippen LogP contribution in [0.4, 0.5) is 24.5 Å². The van der Waals surface area contributed by atoms with E-state index in [9.17, 15) is 32.9 Å². The molecule has 2 aromatic rings. The highest BCUT2D eigenvalue weighted by atomic mass is 19.4. The third kappa shape index (κ3) is 6.11. The van der Waals surface area contributed by atoms with Crippen molar-refractivity contribution in [3.63, 3.8) is 0 Å². The zero-order valence-corrected chi connectivity index (χ0v) is 17.4. The monoisotopic (exact) mass is 483 g/mol. The van der Waals surface area contributed by atoms with Crippen molar-refractivity contribution in [3.05, 3.63) is 57.6 Å². The van der Waals surface area contributed by atoms with Gasteiger partial charge in [0.1, 0.15) is 0 Å². The molecule has 0 atom stereocenters. The number of hydrogen-bond acceptors (Lipinski definition) is 9. The summed E-state index contributed by atoms with van der Waals surface area (Å²) in [6.45, 7) is 0.132. The molecule has 0 radical (unpaired) electrons. The summed E-state index contributed by atoms with van der Waals surface area (Å²) in [6.07, 6.45) is -4.97. The van der Waals surface area contributed by atoms with E-state index in [4.69, 9.17) is 14.3 Å². The zero-order chi connectivity index (χ0) is 24.9. The van der Waals surface area contributed by atoms with Crippen LogP contribution in [0.1, 0.15) is 18.1 Å². The maximum absolute atomic E-state index is 13.1. The van der Waals surface area contributed by atoms with E-state index in [0.29, 0.717) is 22.8 Å². The average molecular weight is 483 g/mol. The summed E-state index contributed by atoms with van der Waals surface area (Å²) < 4.78 is 54.5. The number of carbonyl (C=O) groups is 2. The Balaban J connectivity index is 1.50. The molecular formula is C20H16F3N3O8. The van der Waals surface area contributed by atoms with Gasteiger partial charge in [-0.15, -0.1) is 0 Å². The van der Waals surface area contributed by atoms with Crippen LogP contribution in [0.2, 0.25) is 0 Å². The van der Waals surface area contributed by atoms with Gasteiger partial charge in [-0.05, 0) is 31.2 Å². The van der Waals surface area contributed by atoms with Crippen molar-refractivity contribution in [1.29, 1.82) is 0 Å². The molecule has 1 N–H and O–H groups in total. The maximum atomic E-state index is 13.1. The topological polar surface area (TPSA) is 139 Å². The Kier molecular flexibility index (Phi) is 7.18. The van der Waals surface area contributed by atoms with Gasteiger partial charge in [-0.2, -0.15) is 13.2 Å². The standard InChI is InChI=1S/C20H16F3N3O8/c1-11(12-2-5-16-17(6-12)33-10-32-16)25-34-9-19(28)31-8-18(27)24-15-4-3-13(26(29)30)7-14(15)20(21,22)23/h2-7H,8-10H2,1H3,(H,24,27)/b25-11+. The Hall–Kier alpha value is -4.36. The lowest BCUT2D eigenvalue weighted by atomic mass is 10.1. The summed E-state index contributed by atoms with van der Waals surface area (Å²) >= 11 is 0. The number of nitro groups is 1. The Morgan fingerprint density at radius 3 is 2.59 bits per heavy atom. The molecular weight excluding hydrogens is 467 g/mol. The third-order valence-electron chi connectivity index (χ3n) is 4.33. The van der Waals surface area contributed by atoms with Crippen LogP contribution in [0.5, 0.6) is 11.5 Å². The van der Waals surface area contributed by atoms with Gasteiger partial charge in [0.15, 0.2) is 18.1 Å². The smallest absolute Gasteiger partial charge is 0.418 e. The molecule has 1 aliphatic rings. The minimum absolute atomic E-state index is 0.104. The molecule has 1 aliphatic heterocycles. The predicted molar refractivity (Wildman–Crippen MR) is 108 cm³/mol. The number of hydrogen-bond donors (Lipinski definition) is 1. The van der Waals surface area contributed by atoms with Crippen LogP contribution >= 0.6 is 0 Å². The van der Waals surface area contributed by atoms with Gasteiger partial charge in [0.05, 0.1) is 21.9 Å². The van der Waals surface area contributed by atoms with E-state index in [2.05, 4.69) is 9.89 Å². The highest BCUT2D eigenvalue weighted by Crippen LogP contribution is 2.37. The van der Waals surface area contributed by atoms with Gasteiger partial charge in [-0.3, -0.25) is 14.9 Å². The van der Waals surface area contributed by atoms with Gasteiger partial charge in [0, 0.05) is 17.7 Å². The Bertz CT molecular complexity index is 1150. The van der Waals surface area contributed by atoms with E-state index < -0.39 is 53.1 Å². The molecule has 0 bridgehead atoms. The average Bonchev–Trinajstić information content (AvgIpc) is 3.25. The van der Waals surface area contributed by atoms with Crippen LogP contribution < -0.4 is 14.8 Å². The number of carbonyl (C=O) groups excluding carboxylic acids is 2. The second-order valence-electron chi connectivity index (χ2n) is 6.71. The number of rotatable bonds is 8. The number of non-ortho nitro benzene ring substituents is 1. The van der Waals surface area contributed by atoms with Gasteiger partial charge in [0.25, 0.3) is 11.6 Å². The number of alkyl halides is 3. The lowest BCUT2D eigenvalue weighted by molar-refractivity contribution is -0.385. The first-order valence-electron chi connectivity index (χ1n) is 9.42. The number of halogens is 3. The van der Waals surface area contributed by atoms with Gasteiger partial charge >= 0.3 is 12.1 Å². The molecule has 180 valence electrons. The summed E-state index contributed by atoms with van der Waals surface area (Å²) in [4.78, 5) is 38.2. The van der Waals surface area contributed by atoms with Crippen molar-refractivity contribution >= 4 is 29.0 Å². The van der Waals surface area contributed by atoms with Crippen molar-refractivity contribution in [2.75, 3.05) is 25.3 Å². The summed E-state index contributed by atoms with van der Waals surface area (Å²) in [6, 6.07) is 6.86. The molecule has 0 saturated carbocycles. The molecule has 2 aromatic carbocycles. The Morgan fingerprint density at radius 2 is 1.88 bits per heavy atom. The fourth-order valence-electron chi connectivity index (χ4n) is 2.72. The maximum Gasteiger partial charge on any atom is 0.418 e. The predicted octanol–water partition coefficient (Wildman–Crippen LogP) is 3.26. The van der Waals surface area contributed by atoms with Gasteiger partial charge in [0.2, 0.25) is 13.4 Å². The summed E-state index contributed by atoms with van der Waals surface area (Å²) in [5, 5.41) is 16.4. The van der Waals surface area contributed by atoms with E-state index in [0.717, 1.165) is 12.1 Å². The molecule has 11 nitrogen and oxygen atoms in total. The van der Waals surface area contributed by atoms with Crippen LogP contribution in [-0.2, 0) is 25.3 Å². The van der Waals surface area contributed by atoms with E-state index in [1.54, 1.807) is 25.1 Å². The van der Waals surface area contributed by atoms with Crippen LogP contribution in [0, 0.1) is 10.1 Å². The number of nitrogens with one attached hydrogen (secondary N) is 1. The first-order chi connectivity index (χ1) is 16.0. The van der Waals surface area contributed by atoms with Crippen LogP contribution in [0.25, 0.3) is 0 Å². The molecule has 34 heavy (non-hydrogen) atoms. The lowest BCUT2D eigenvalue weighted by Gasteiger charge is -2.13. The molecule has 0 aliphatic carbocycles. The SMILES string of the molecule is C/C(=N\OCC(=O)OCC(=O)Nc1ccc([N+](=O)[O-])cc1C(F)(F)F)c1ccc2c(c1)OCO2. The van der Waals surface area contributed by atoms with E-state index in [-0.39, 0.29) is 12.9 Å². The van der Waals surface area contributed by atoms with Crippen molar-refractivity contribution in [1.82, 2.24) is 0 Å². The molecule has 0 aromatic heterocycles. The molecule has 14 heteroatoms. The number of fused-ring (bicyclic) bond motifs is 1. The number of ether oxygens (including phenoxy) is 3. The molecule has 1 heterocycles. The largest absolute Gasteiger partial charge is 0.454 e. The van der Waals surface area contributed by atoms with Gasteiger partial charge < -0.3 is 24.4 Å². The van der Waals surface area contributed by atoms with Crippen LogP contribution in [-0.4, -0.2) is 42.5 Å². The first kappa shape index (κ1) is 24.3. The van der Waals surface area contributed by atoms with E-state index >= 15 is 0 Å². The van der Waals surface area contributed by atoms with Gasteiger partial charge in [-0.1, -0.05) is 5.16 Å². The zero-order valence-electron chi connectivity index (χ0n) is 17.4. The molecule has 0 unspecified atom stereocenters. The van der Waals surface area contributed by atoms with Crippen molar-refractivity contribution in [2.45, 2.75) is 13.1 Å². The van der Waals surface area contributed by atoms with Crippen molar-refractivity contribution in [3.8, 4) is 11.5 Å². The van der Waals surface area contributed by atoms with Crippen molar-refractivity contribution in [2.24, 2.45) is 5.16 Å². The number of amides is 1. The number of anilines is 1. The number of nitro benzene ring substituents is 1. The molecule has 0 fully saturated rings. The minimum Gasteiger partial charge on any atom is -0.454 e. The summed E-state index contributed by atoms with van der Waals surface area (Å²) in [7, 11) is 0. The molecule has 0 saturated heterocycles. The van der Waals surface area contributed by atoms with E-state index in [1.165, 1.54) is 0 Å². The number of esters is 1. The molecule has 3 rings (SSSR count). The fourth-order valence-corrected chi connectivity index (χ4v) is 2.72. The summed E-state index contributed by atoms with van der Waals surface area (Å²) in [5.74, 6) is -0.987.